The zero-order chi connectivity index (χ0) is 13.9. The normalized spacial score (nSPS) is 13.7. The lowest BCUT2D eigenvalue weighted by atomic mass is 9.81. The van der Waals surface area contributed by atoms with Crippen LogP contribution in [0.4, 0.5) is 0 Å². The standard InChI is InChI=1S/C14H23NO2S/c1-9(2)12(16)14(4,5)8-15-13(17)11-7-6-10(3)18-11/h6-7,9,12,16H,8H2,1-5H3,(H,15,17). The maximum Gasteiger partial charge on any atom is 0.261 e. The Balaban J connectivity index is 2.57. The van der Waals surface area contributed by atoms with E-state index in [9.17, 15) is 9.90 Å². The van der Waals surface area contributed by atoms with E-state index in [1.165, 1.54) is 11.3 Å². The van der Waals surface area contributed by atoms with Crippen molar-refractivity contribution in [2.75, 3.05) is 6.54 Å². The Morgan fingerprint density at radius 1 is 1.44 bits per heavy atom. The fourth-order valence-electron chi connectivity index (χ4n) is 1.96. The molecule has 0 aliphatic carbocycles. The van der Waals surface area contributed by atoms with Gasteiger partial charge in [0.05, 0.1) is 11.0 Å². The van der Waals surface area contributed by atoms with Crippen LogP contribution in [0.15, 0.2) is 12.1 Å². The largest absolute Gasteiger partial charge is 0.392 e. The minimum Gasteiger partial charge on any atom is -0.392 e. The molecular formula is C14H23NO2S. The molecule has 0 bridgehead atoms. The lowest BCUT2D eigenvalue weighted by Gasteiger charge is -2.33. The van der Waals surface area contributed by atoms with E-state index >= 15 is 0 Å². The summed E-state index contributed by atoms with van der Waals surface area (Å²) in [5.41, 5.74) is -0.323. The SMILES string of the molecule is Cc1ccc(C(=O)NCC(C)(C)C(O)C(C)C)s1. The van der Waals surface area contributed by atoms with Gasteiger partial charge in [-0.2, -0.15) is 0 Å². The van der Waals surface area contributed by atoms with E-state index in [0.29, 0.717) is 6.54 Å². The number of aliphatic hydroxyl groups excluding tert-OH is 1. The highest BCUT2D eigenvalue weighted by Crippen LogP contribution is 2.25. The van der Waals surface area contributed by atoms with Crippen LogP contribution in [0.25, 0.3) is 0 Å². The van der Waals surface area contributed by atoms with E-state index in [2.05, 4.69) is 5.32 Å². The molecule has 1 heterocycles. The number of aryl methyl sites for hydroxylation is 1. The van der Waals surface area contributed by atoms with E-state index < -0.39 is 6.10 Å². The quantitative estimate of drug-likeness (QED) is 0.863. The number of hydrogen-bond donors (Lipinski definition) is 2. The molecule has 102 valence electrons. The van der Waals surface area contributed by atoms with Crippen molar-refractivity contribution < 1.29 is 9.90 Å². The molecule has 3 nitrogen and oxygen atoms in total. The van der Waals surface area contributed by atoms with Gasteiger partial charge in [0.1, 0.15) is 0 Å². The Morgan fingerprint density at radius 3 is 2.50 bits per heavy atom. The van der Waals surface area contributed by atoms with Crippen molar-refractivity contribution >= 4 is 17.2 Å². The van der Waals surface area contributed by atoms with Gasteiger partial charge in [-0.1, -0.05) is 27.7 Å². The number of aliphatic hydroxyl groups is 1. The Hall–Kier alpha value is -0.870. The molecule has 0 radical (unpaired) electrons. The molecule has 1 aromatic rings. The molecule has 18 heavy (non-hydrogen) atoms. The molecule has 2 N–H and O–H groups in total. The molecule has 0 saturated carbocycles. The van der Waals surface area contributed by atoms with Gasteiger partial charge in [-0.15, -0.1) is 11.3 Å². The molecule has 0 aliphatic rings. The number of carbonyl (C=O) groups excluding carboxylic acids is 1. The van der Waals surface area contributed by atoms with Gasteiger partial charge < -0.3 is 10.4 Å². The van der Waals surface area contributed by atoms with Gasteiger partial charge in [-0.3, -0.25) is 4.79 Å². The first-order valence-electron chi connectivity index (χ1n) is 6.27. The van der Waals surface area contributed by atoms with Crippen LogP contribution in [-0.4, -0.2) is 23.7 Å². The minimum absolute atomic E-state index is 0.0582. The topological polar surface area (TPSA) is 49.3 Å². The first kappa shape index (κ1) is 15.2. The van der Waals surface area contributed by atoms with Crippen molar-refractivity contribution in [3.63, 3.8) is 0 Å². The summed E-state index contributed by atoms with van der Waals surface area (Å²) in [6.45, 7) is 10.4. The van der Waals surface area contributed by atoms with Crippen LogP contribution in [0.5, 0.6) is 0 Å². The van der Waals surface area contributed by atoms with Crippen LogP contribution in [0, 0.1) is 18.3 Å². The molecule has 1 atom stereocenters. The predicted octanol–water partition coefficient (Wildman–Crippen LogP) is 2.83. The predicted molar refractivity (Wildman–Crippen MR) is 76.0 cm³/mol. The Morgan fingerprint density at radius 2 is 2.06 bits per heavy atom. The second-order valence-corrected chi connectivity index (χ2v) is 7.06. The number of thiophene rings is 1. The van der Waals surface area contributed by atoms with Crippen molar-refractivity contribution in [2.24, 2.45) is 11.3 Å². The van der Waals surface area contributed by atoms with Crippen molar-refractivity contribution in [2.45, 2.75) is 40.7 Å². The Bertz CT molecular complexity index is 410. The highest BCUT2D eigenvalue weighted by Gasteiger charge is 2.30. The summed E-state index contributed by atoms with van der Waals surface area (Å²) >= 11 is 1.49. The summed E-state index contributed by atoms with van der Waals surface area (Å²) in [4.78, 5) is 13.8. The summed E-state index contributed by atoms with van der Waals surface area (Å²) in [5.74, 6) is 0.123. The van der Waals surface area contributed by atoms with Crippen LogP contribution in [0.3, 0.4) is 0 Å². The maximum absolute atomic E-state index is 11.9. The fourth-order valence-corrected chi connectivity index (χ4v) is 2.74. The zero-order valence-electron chi connectivity index (χ0n) is 11.8. The van der Waals surface area contributed by atoms with E-state index in [-0.39, 0.29) is 17.2 Å². The third-order valence-electron chi connectivity index (χ3n) is 3.10. The summed E-state index contributed by atoms with van der Waals surface area (Å²) < 4.78 is 0. The minimum atomic E-state index is -0.428. The third-order valence-corrected chi connectivity index (χ3v) is 4.10. The van der Waals surface area contributed by atoms with Crippen molar-refractivity contribution in [3.05, 3.63) is 21.9 Å². The van der Waals surface area contributed by atoms with Gasteiger partial charge in [-0.05, 0) is 25.0 Å². The monoisotopic (exact) mass is 269 g/mol. The van der Waals surface area contributed by atoms with Crippen LogP contribution in [-0.2, 0) is 0 Å². The maximum atomic E-state index is 11.9. The molecule has 4 heteroatoms. The van der Waals surface area contributed by atoms with Crippen LogP contribution in [0.1, 0.15) is 42.2 Å². The van der Waals surface area contributed by atoms with E-state index in [1.54, 1.807) is 0 Å². The number of hydrogen-bond acceptors (Lipinski definition) is 3. The van der Waals surface area contributed by atoms with Crippen molar-refractivity contribution in [3.8, 4) is 0 Å². The van der Waals surface area contributed by atoms with Gasteiger partial charge in [0.2, 0.25) is 0 Å². The second kappa shape index (κ2) is 5.85. The first-order valence-corrected chi connectivity index (χ1v) is 7.08. The number of carbonyl (C=O) groups is 1. The van der Waals surface area contributed by atoms with Crippen molar-refractivity contribution in [1.82, 2.24) is 5.32 Å². The van der Waals surface area contributed by atoms with Gasteiger partial charge >= 0.3 is 0 Å². The average molecular weight is 269 g/mol. The molecule has 1 unspecified atom stereocenters. The van der Waals surface area contributed by atoms with Crippen molar-refractivity contribution in [1.29, 1.82) is 0 Å². The summed E-state index contributed by atoms with van der Waals surface area (Å²) in [5, 5.41) is 13.0. The zero-order valence-corrected chi connectivity index (χ0v) is 12.6. The molecule has 0 saturated heterocycles. The van der Waals surface area contributed by atoms with Crippen LogP contribution >= 0.6 is 11.3 Å². The van der Waals surface area contributed by atoms with Crippen LogP contribution in [0.2, 0.25) is 0 Å². The van der Waals surface area contributed by atoms with E-state index in [1.807, 2.05) is 46.8 Å². The first-order chi connectivity index (χ1) is 8.24. The van der Waals surface area contributed by atoms with Gasteiger partial charge in [0, 0.05) is 16.8 Å². The molecular weight excluding hydrogens is 246 g/mol. The average Bonchev–Trinajstić information content (AvgIpc) is 2.71. The van der Waals surface area contributed by atoms with Crippen LogP contribution < -0.4 is 5.32 Å². The lowest BCUT2D eigenvalue weighted by molar-refractivity contribution is 0.0138. The Labute approximate surface area is 113 Å². The lowest BCUT2D eigenvalue weighted by Crippen LogP contribution is -2.43. The smallest absolute Gasteiger partial charge is 0.261 e. The summed E-state index contributed by atoms with van der Waals surface area (Å²) in [7, 11) is 0. The molecule has 1 rings (SSSR count). The highest BCUT2D eigenvalue weighted by atomic mass is 32.1. The fraction of sp³-hybridized carbons (Fsp3) is 0.643. The second-order valence-electron chi connectivity index (χ2n) is 5.77. The number of nitrogens with one attached hydrogen (secondary N) is 1. The summed E-state index contributed by atoms with van der Waals surface area (Å²) in [6.07, 6.45) is -0.428. The van der Waals surface area contributed by atoms with E-state index in [0.717, 1.165) is 9.75 Å². The van der Waals surface area contributed by atoms with E-state index in [4.69, 9.17) is 0 Å². The van der Waals surface area contributed by atoms with Gasteiger partial charge in [0.25, 0.3) is 5.91 Å². The number of rotatable bonds is 5. The molecule has 1 aromatic heterocycles. The van der Waals surface area contributed by atoms with Gasteiger partial charge in [-0.25, -0.2) is 0 Å². The molecule has 1 amide bonds. The van der Waals surface area contributed by atoms with Gasteiger partial charge in [0.15, 0.2) is 0 Å². The highest BCUT2D eigenvalue weighted by molar-refractivity contribution is 7.13. The third kappa shape index (κ3) is 3.82. The number of amides is 1. The molecule has 0 spiro atoms. The molecule has 0 aliphatic heterocycles. The summed E-state index contributed by atoms with van der Waals surface area (Å²) in [6, 6.07) is 3.77. The molecule has 0 aromatic carbocycles. The Kier molecular flexibility index (Phi) is 4.93. The molecule has 0 fully saturated rings.